The number of methoxy groups -OCH3 is 1. The van der Waals surface area contributed by atoms with Gasteiger partial charge in [0.1, 0.15) is 5.75 Å². The van der Waals surface area contributed by atoms with Crippen molar-refractivity contribution < 1.29 is 9.53 Å². The summed E-state index contributed by atoms with van der Waals surface area (Å²) in [5.41, 5.74) is 6.82. The number of nitrogens with one attached hydrogen (secondary N) is 1. The molecule has 1 aliphatic carbocycles. The molecule has 2 rings (SSSR count). The fourth-order valence-electron chi connectivity index (χ4n) is 2.13. The molecule has 4 nitrogen and oxygen atoms in total. The molecule has 1 aliphatic rings. The standard InChI is InChI=1S/C14H20N2O2/c1-18-13-5-2-10(3-6-13)4-7-14(17)16-12-8-11(15)9-12/h2-3,5-6,11-12H,4,7-9,15H2,1H3,(H,16,17). The summed E-state index contributed by atoms with van der Waals surface area (Å²) in [6, 6.07) is 8.38. The molecule has 18 heavy (non-hydrogen) atoms. The monoisotopic (exact) mass is 248 g/mol. The quantitative estimate of drug-likeness (QED) is 0.824. The van der Waals surface area contributed by atoms with Crippen molar-refractivity contribution in [1.82, 2.24) is 5.32 Å². The van der Waals surface area contributed by atoms with Crippen LogP contribution in [0.25, 0.3) is 0 Å². The first-order chi connectivity index (χ1) is 8.67. The van der Waals surface area contributed by atoms with Crippen molar-refractivity contribution >= 4 is 5.91 Å². The van der Waals surface area contributed by atoms with Gasteiger partial charge in [-0.15, -0.1) is 0 Å². The van der Waals surface area contributed by atoms with Crippen molar-refractivity contribution in [2.24, 2.45) is 5.73 Å². The molecule has 98 valence electrons. The predicted molar refractivity (Wildman–Crippen MR) is 70.5 cm³/mol. The molecule has 1 aromatic rings. The van der Waals surface area contributed by atoms with E-state index in [1.807, 2.05) is 24.3 Å². The summed E-state index contributed by atoms with van der Waals surface area (Å²) in [5, 5.41) is 3.00. The van der Waals surface area contributed by atoms with Crippen LogP contribution >= 0.6 is 0 Å². The SMILES string of the molecule is COc1ccc(CCC(=O)NC2CC(N)C2)cc1. The summed E-state index contributed by atoms with van der Waals surface area (Å²) in [6.07, 6.45) is 3.11. The first kappa shape index (κ1) is 12.9. The van der Waals surface area contributed by atoms with Gasteiger partial charge in [0.05, 0.1) is 7.11 Å². The second-order valence-electron chi connectivity index (χ2n) is 4.84. The van der Waals surface area contributed by atoms with Gasteiger partial charge in [-0.3, -0.25) is 4.79 Å². The zero-order valence-electron chi connectivity index (χ0n) is 10.7. The van der Waals surface area contributed by atoms with Gasteiger partial charge >= 0.3 is 0 Å². The Hall–Kier alpha value is -1.55. The number of carbonyl (C=O) groups is 1. The topological polar surface area (TPSA) is 64.3 Å². The molecule has 3 N–H and O–H groups in total. The lowest BCUT2D eigenvalue weighted by Crippen LogP contribution is -2.50. The summed E-state index contributed by atoms with van der Waals surface area (Å²) in [6.45, 7) is 0. The van der Waals surface area contributed by atoms with Crippen LogP contribution in [0.3, 0.4) is 0 Å². The Morgan fingerprint density at radius 2 is 2.06 bits per heavy atom. The van der Waals surface area contributed by atoms with Crippen LogP contribution in [-0.4, -0.2) is 25.1 Å². The summed E-state index contributed by atoms with van der Waals surface area (Å²) < 4.78 is 5.09. The average Bonchev–Trinajstić information content (AvgIpc) is 2.35. The summed E-state index contributed by atoms with van der Waals surface area (Å²) >= 11 is 0. The van der Waals surface area contributed by atoms with Crippen LogP contribution in [0.4, 0.5) is 0 Å². The first-order valence-corrected chi connectivity index (χ1v) is 6.35. The van der Waals surface area contributed by atoms with Crippen LogP contribution in [0.15, 0.2) is 24.3 Å². The second-order valence-corrected chi connectivity index (χ2v) is 4.84. The molecule has 0 atom stereocenters. The van der Waals surface area contributed by atoms with Crippen molar-refractivity contribution in [1.29, 1.82) is 0 Å². The number of aryl methyl sites for hydroxylation is 1. The van der Waals surface area contributed by atoms with Gasteiger partial charge in [-0.1, -0.05) is 12.1 Å². The zero-order chi connectivity index (χ0) is 13.0. The molecule has 0 bridgehead atoms. The fraction of sp³-hybridized carbons (Fsp3) is 0.500. The Morgan fingerprint density at radius 3 is 2.61 bits per heavy atom. The number of benzene rings is 1. The van der Waals surface area contributed by atoms with E-state index >= 15 is 0 Å². The number of hydrogen-bond acceptors (Lipinski definition) is 3. The minimum Gasteiger partial charge on any atom is -0.497 e. The first-order valence-electron chi connectivity index (χ1n) is 6.35. The highest BCUT2D eigenvalue weighted by molar-refractivity contribution is 5.76. The summed E-state index contributed by atoms with van der Waals surface area (Å²) in [4.78, 5) is 11.7. The molecule has 1 fully saturated rings. The van der Waals surface area contributed by atoms with Gasteiger partial charge in [0, 0.05) is 18.5 Å². The van der Waals surface area contributed by atoms with Crippen LogP contribution in [-0.2, 0) is 11.2 Å². The van der Waals surface area contributed by atoms with E-state index in [0.29, 0.717) is 12.5 Å². The maximum Gasteiger partial charge on any atom is 0.220 e. The maximum absolute atomic E-state index is 11.7. The third-order valence-corrected chi connectivity index (χ3v) is 3.34. The number of nitrogens with two attached hydrogens (primary N) is 1. The van der Waals surface area contributed by atoms with Gasteiger partial charge in [-0.25, -0.2) is 0 Å². The molecular weight excluding hydrogens is 228 g/mol. The van der Waals surface area contributed by atoms with E-state index in [2.05, 4.69) is 5.32 Å². The number of hydrogen-bond donors (Lipinski definition) is 2. The van der Waals surface area contributed by atoms with Crippen molar-refractivity contribution in [3.05, 3.63) is 29.8 Å². The van der Waals surface area contributed by atoms with Crippen LogP contribution in [0.2, 0.25) is 0 Å². The zero-order valence-corrected chi connectivity index (χ0v) is 10.7. The highest BCUT2D eigenvalue weighted by atomic mass is 16.5. The fourth-order valence-corrected chi connectivity index (χ4v) is 2.13. The number of amides is 1. The highest BCUT2D eigenvalue weighted by Gasteiger charge is 2.26. The largest absolute Gasteiger partial charge is 0.497 e. The Balaban J connectivity index is 1.71. The average molecular weight is 248 g/mol. The predicted octanol–water partition coefficient (Wildman–Crippen LogP) is 1.23. The van der Waals surface area contributed by atoms with Crippen LogP contribution in [0, 0.1) is 0 Å². The van der Waals surface area contributed by atoms with Gasteiger partial charge in [0.25, 0.3) is 0 Å². The lowest BCUT2D eigenvalue weighted by atomic mass is 9.87. The smallest absolute Gasteiger partial charge is 0.220 e. The Bertz CT molecular complexity index is 397. The van der Waals surface area contributed by atoms with Crippen LogP contribution < -0.4 is 15.8 Å². The maximum atomic E-state index is 11.7. The summed E-state index contributed by atoms with van der Waals surface area (Å²) in [5.74, 6) is 0.953. The molecule has 0 aromatic heterocycles. The number of ether oxygens (including phenoxy) is 1. The van der Waals surface area contributed by atoms with Gasteiger partial charge in [0.2, 0.25) is 5.91 Å². The third kappa shape index (κ3) is 3.47. The molecule has 4 heteroatoms. The Morgan fingerprint density at radius 1 is 1.39 bits per heavy atom. The van der Waals surface area contributed by atoms with E-state index in [9.17, 15) is 4.79 Å². The molecule has 0 radical (unpaired) electrons. The van der Waals surface area contributed by atoms with E-state index in [1.165, 1.54) is 0 Å². The molecule has 0 unspecified atom stereocenters. The van der Waals surface area contributed by atoms with Gasteiger partial charge in [0.15, 0.2) is 0 Å². The van der Waals surface area contributed by atoms with Crippen molar-refractivity contribution in [3.8, 4) is 5.75 Å². The van der Waals surface area contributed by atoms with Gasteiger partial charge < -0.3 is 15.8 Å². The van der Waals surface area contributed by atoms with Gasteiger partial charge in [-0.2, -0.15) is 0 Å². The molecular formula is C14H20N2O2. The van der Waals surface area contributed by atoms with Crippen molar-refractivity contribution in [2.45, 2.75) is 37.8 Å². The third-order valence-electron chi connectivity index (χ3n) is 3.34. The van der Waals surface area contributed by atoms with Crippen molar-refractivity contribution in [3.63, 3.8) is 0 Å². The van der Waals surface area contributed by atoms with Crippen LogP contribution in [0.1, 0.15) is 24.8 Å². The number of rotatable bonds is 5. The molecule has 0 heterocycles. The van der Waals surface area contributed by atoms with E-state index in [-0.39, 0.29) is 11.9 Å². The Labute approximate surface area is 108 Å². The van der Waals surface area contributed by atoms with E-state index in [0.717, 1.165) is 30.6 Å². The molecule has 0 saturated heterocycles. The van der Waals surface area contributed by atoms with Crippen LogP contribution in [0.5, 0.6) is 5.75 Å². The minimum atomic E-state index is 0.114. The van der Waals surface area contributed by atoms with E-state index in [4.69, 9.17) is 10.5 Å². The lowest BCUT2D eigenvalue weighted by Gasteiger charge is -2.32. The summed E-state index contributed by atoms with van der Waals surface area (Å²) in [7, 11) is 1.64. The highest BCUT2D eigenvalue weighted by Crippen LogP contribution is 2.17. The minimum absolute atomic E-state index is 0.114. The molecule has 0 spiro atoms. The molecule has 1 aromatic carbocycles. The normalized spacial score (nSPS) is 22.1. The van der Waals surface area contributed by atoms with E-state index in [1.54, 1.807) is 7.11 Å². The number of carbonyl (C=O) groups excluding carboxylic acids is 1. The molecule has 0 aliphatic heterocycles. The molecule has 1 saturated carbocycles. The van der Waals surface area contributed by atoms with E-state index < -0.39 is 0 Å². The lowest BCUT2D eigenvalue weighted by molar-refractivity contribution is -0.122. The Kier molecular flexibility index (Phi) is 4.20. The second kappa shape index (κ2) is 5.87. The molecule has 1 amide bonds. The van der Waals surface area contributed by atoms with Gasteiger partial charge in [-0.05, 0) is 37.0 Å². The van der Waals surface area contributed by atoms with Crippen molar-refractivity contribution in [2.75, 3.05) is 7.11 Å².